The molecule has 7 nitrogen and oxygen atoms in total. The molecule has 2 heterocycles. The molecule has 1 fully saturated rings. The molecule has 1 amide bonds. The maximum absolute atomic E-state index is 12.7. The van der Waals surface area contributed by atoms with Crippen LogP contribution in [0.4, 0.5) is 0 Å². The first-order chi connectivity index (χ1) is 11.6. The van der Waals surface area contributed by atoms with E-state index < -0.39 is 0 Å². The van der Waals surface area contributed by atoms with Crippen LogP contribution in [0.3, 0.4) is 0 Å². The molecule has 1 atom stereocenters. The molecule has 1 aromatic carbocycles. The highest BCUT2D eigenvalue weighted by Gasteiger charge is 2.21. The van der Waals surface area contributed by atoms with Gasteiger partial charge in [0.25, 0.3) is 5.91 Å². The van der Waals surface area contributed by atoms with E-state index in [0.717, 1.165) is 0 Å². The molecule has 1 saturated heterocycles. The minimum atomic E-state index is -0.00629. The lowest BCUT2D eigenvalue weighted by molar-refractivity contribution is 0.0737. The van der Waals surface area contributed by atoms with Gasteiger partial charge in [0.05, 0.1) is 13.2 Å². The number of nitrogens with zero attached hydrogens (tertiary/aromatic N) is 3. The largest absolute Gasteiger partial charge is 0.485 e. The number of aryl methyl sites for hydroxylation is 1. The molecule has 0 bridgehead atoms. The van der Waals surface area contributed by atoms with Gasteiger partial charge in [0.15, 0.2) is 6.61 Å². The first kappa shape index (κ1) is 16.4. The smallest absolute Gasteiger partial charge is 0.254 e. The zero-order valence-corrected chi connectivity index (χ0v) is 13.9. The van der Waals surface area contributed by atoms with Crippen LogP contribution in [0.25, 0.3) is 0 Å². The summed E-state index contributed by atoms with van der Waals surface area (Å²) in [6, 6.07) is 7.15. The van der Waals surface area contributed by atoms with Gasteiger partial charge in [-0.15, -0.1) is 0 Å². The van der Waals surface area contributed by atoms with E-state index in [1.54, 1.807) is 25.1 Å². The molecule has 0 aliphatic carbocycles. The minimum absolute atomic E-state index is 0.00629. The van der Waals surface area contributed by atoms with Crippen LogP contribution in [0.1, 0.15) is 29.0 Å². The average molecular weight is 331 g/mol. The Kier molecular flexibility index (Phi) is 5.10. The van der Waals surface area contributed by atoms with Gasteiger partial charge in [0.2, 0.25) is 11.7 Å². The molecule has 1 unspecified atom stereocenters. The summed E-state index contributed by atoms with van der Waals surface area (Å²) in [6.45, 7) is 6.58. The highest BCUT2D eigenvalue weighted by atomic mass is 16.5. The molecule has 24 heavy (non-hydrogen) atoms. The van der Waals surface area contributed by atoms with Crippen molar-refractivity contribution in [3.8, 4) is 5.75 Å². The summed E-state index contributed by atoms with van der Waals surface area (Å²) in [7, 11) is 0. The topological polar surface area (TPSA) is 77.7 Å². The van der Waals surface area contributed by atoms with E-state index in [-0.39, 0.29) is 12.5 Å². The summed E-state index contributed by atoms with van der Waals surface area (Å²) in [4.78, 5) is 18.6. The third kappa shape index (κ3) is 4.11. The predicted octanol–water partition coefficient (Wildman–Crippen LogP) is 2.07. The Hall–Kier alpha value is -2.41. The Bertz CT molecular complexity index is 701. The Morgan fingerprint density at radius 1 is 1.46 bits per heavy atom. The van der Waals surface area contributed by atoms with Crippen LogP contribution >= 0.6 is 0 Å². The second-order valence-electron chi connectivity index (χ2n) is 5.98. The normalized spacial score (nSPS) is 18.2. The van der Waals surface area contributed by atoms with Crippen molar-refractivity contribution in [1.29, 1.82) is 0 Å². The Morgan fingerprint density at radius 2 is 2.33 bits per heavy atom. The molecule has 7 heteroatoms. The van der Waals surface area contributed by atoms with Gasteiger partial charge >= 0.3 is 0 Å². The summed E-state index contributed by atoms with van der Waals surface area (Å²) < 4.78 is 16.0. The zero-order valence-electron chi connectivity index (χ0n) is 13.9. The molecule has 2 aromatic rings. The molecular formula is C17H21N3O4. The fraction of sp³-hybridized carbons (Fsp3) is 0.471. The molecule has 0 spiro atoms. The van der Waals surface area contributed by atoms with Gasteiger partial charge in [-0.2, -0.15) is 4.98 Å². The van der Waals surface area contributed by atoms with Gasteiger partial charge in [-0.05, 0) is 24.1 Å². The van der Waals surface area contributed by atoms with Gasteiger partial charge in [-0.1, -0.05) is 18.1 Å². The quantitative estimate of drug-likeness (QED) is 0.853. The lowest BCUT2D eigenvalue weighted by Crippen LogP contribution is -2.35. The molecule has 0 radical (unpaired) electrons. The number of benzene rings is 1. The summed E-state index contributed by atoms with van der Waals surface area (Å²) in [5, 5.41) is 3.78. The standard InChI is InChI=1S/C17H21N3O4/c1-12-9-20(6-7-22-10-12)17(21)14-4-3-5-15(8-14)23-11-16-18-13(2)24-19-16/h3-5,8,12H,6-7,9-11H2,1-2H3. The van der Waals surface area contributed by atoms with Crippen molar-refractivity contribution in [1.82, 2.24) is 15.0 Å². The number of carbonyl (C=O) groups excluding carboxylic acids is 1. The molecule has 1 aliphatic heterocycles. The Morgan fingerprint density at radius 3 is 3.12 bits per heavy atom. The number of hydrogen-bond acceptors (Lipinski definition) is 6. The third-order valence-electron chi connectivity index (χ3n) is 3.75. The molecule has 3 rings (SSSR count). The number of hydrogen-bond donors (Lipinski definition) is 0. The number of aromatic nitrogens is 2. The Balaban J connectivity index is 1.66. The fourth-order valence-electron chi connectivity index (χ4n) is 2.61. The van der Waals surface area contributed by atoms with Crippen LogP contribution in [0.2, 0.25) is 0 Å². The van der Waals surface area contributed by atoms with Gasteiger partial charge in [-0.3, -0.25) is 4.79 Å². The average Bonchev–Trinajstić information content (AvgIpc) is 2.88. The van der Waals surface area contributed by atoms with Gasteiger partial charge < -0.3 is 18.9 Å². The summed E-state index contributed by atoms with van der Waals surface area (Å²) >= 11 is 0. The van der Waals surface area contributed by atoms with Crippen LogP contribution < -0.4 is 4.74 Å². The number of rotatable bonds is 4. The van der Waals surface area contributed by atoms with Crippen molar-refractivity contribution in [2.24, 2.45) is 5.92 Å². The van der Waals surface area contributed by atoms with Gasteiger partial charge in [0.1, 0.15) is 5.75 Å². The van der Waals surface area contributed by atoms with Crippen LogP contribution in [-0.4, -0.2) is 47.3 Å². The van der Waals surface area contributed by atoms with Crippen LogP contribution in [0.5, 0.6) is 5.75 Å². The monoisotopic (exact) mass is 331 g/mol. The van der Waals surface area contributed by atoms with Crippen LogP contribution in [-0.2, 0) is 11.3 Å². The van der Waals surface area contributed by atoms with Crippen molar-refractivity contribution in [2.45, 2.75) is 20.5 Å². The minimum Gasteiger partial charge on any atom is -0.485 e. The van der Waals surface area contributed by atoms with E-state index in [9.17, 15) is 4.79 Å². The van der Waals surface area contributed by atoms with Gasteiger partial charge in [0, 0.05) is 25.6 Å². The second-order valence-corrected chi connectivity index (χ2v) is 5.98. The van der Waals surface area contributed by atoms with Crippen molar-refractivity contribution >= 4 is 5.91 Å². The van der Waals surface area contributed by atoms with E-state index in [0.29, 0.717) is 55.2 Å². The van der Waals surface area contributed by atoms with E-state index in [4.69, 9.17) is 14.0 Å². The number of ether oxygens (including phenoxy) is 2. The lowest BCUT2D eigenvalue weighted by atomic mass is 10.1. The lowest BCUT2D eigenvalue weighted by Gasteiger charge is -2.22. The molecule has 0 saturated carbocycles. The number of carbonyl (C=O) groups is 1. The maximum atomic E-state index is 12.7. The first-order valence-electron chi connectivity index (χ1n) is 8.01. The van der Waals surface area contributed by atoms with E-state index in [2.05, 4.69) is 17.1 Å². The highest BCUT2D eigenvalue weighted by Crippen LogP contribution is 2.17. The maximum Gasteiger partial charge on any atom is 0.254 e. The Labute approximate surface area is 140 Å². The van der Waals surface area contributed by atoms with Crippen molar-refractivity contribution in [3.63, 3.8) is 0 Å². The zero-order chi connectivity index (χ0) is 16.9. The third-order valence-corrected chi connectivity index (χ3v) is 3.75. The van der Waals surface area contributed by atoms with E-state index >= 15 is 0 Å². The van der Waals surface area contributed by atoms with Gasteiger partial charge in [-0.25, -0.2) is 0 Å². The fourth-order valence-corrected chi connectivity index (χ4v) is 2.61. The molecule has 1 aromatic heterocycles. The van der Waals surface area contributed by atoms with Crippen LogP contribution in [0, 0.1) is 12.8 Å². The molecule has 0 N–H and O–H groups in total. The molecule has 128 valence electrons. The summed E-state index contributed by atoms with van der Waals surface area (Å²) in [5.74, 6) is 1.89. The van der Waals surface area contributed by atoms with E-state index in [1.165, 1.54) is 0 Å². The van der Waals surface area contributed by atoms with Crippen molar-refractivity contribution in [3.05, 3.63) is 41.5 Å². The SMILES string of the molecule is Cc1nc(COc2cccc(C(=O)N3CCOCC(C)C3)c2)no1. The van der Waals surface area contributed by atoms with Crippen molar-refractivity contribution < 1.29 is 18.8 Å². The van der Waals surface area contributed by atoms with Crippen LogP contribution in [0.15, 0.2) is 28.8 Å². The second kappa shape index (κ2) is 7.44. The summed E-state index contributed by atoms with van der Waals surface area (Å²) in [5.41, 5.74) is 0.603. The molecule has 1 aliphatic rings. The molecular weight excluding hydrogens is 310 g/mol. The van der Waals surface area contributed by atoms with E-state index in [1.807, 2.05) is 11.0 Å². The predicted molar refractivity (Wildman–Crippen MR) is 85.7 cm³/mol. The first-order valence-corrected chi connectivity index (χ1v) is 8.01. The number of amides is 1. The highest BCUT2D eigenvalue weighted by molar-refractivity contribution is 5.94. The summed E-state index contributed by atoms with van der Waals surface area (Å²) in [6.07, 6.45) is 0. The van der Waals surface area contributed by atoms with Crippen molar-refractivity contribution in [2.75, 3.05) is 26.3 Å².